The van der Waals surface area contributed by atoms with Gasteiger partial charge in [0.25, 0.3) is 0 Å². The van der Waals surface area contributed by atoms with Gasteiger partial charge in [0.1, 0.15) is 17.1 Å². The molecule has 0 aliphatic rings. The number of thiazole rings is 1. The minimum Gasteiger partial charge on any atom is -0.494 e. The van der Waals surface area contributed by atoms with Crippen LogP contribution < -0.4 is 10.1 Å². The molecule has 170 valence electrons. The van der Waals surface area contributed by atoms with Crippen molar-refractivity contribution < 1.29 is 9.15 Å². The Labute approximate surface area is 203 Å². The van der Waals surface area contributed by atoms with Crippen LogP contribution in [0.5, 0.6) is 5.75 Å². The van der Waals surface area contributed by atoms with Crippen LogP contribution >= 0.6 is 11.3 Å². The molecule has 0 atom stereocenters. The maximum absolute atomic E-state index is 6.23. The smallest absolute Gasteiger partial charge is 0.210 e. The lowest BCUT2D eigenvalue weighted by Gasteiger charge is -2.06. The van der Waals surface area contributed by atoms with Crippen LogP contribution in [0.3, 0.4) is 0 Å². The molecule has 0 unspecified atom stereocenters. The Morgan fingerprint density at radius 3 is 2.41 bits per heavy atom. The zero-order valence-corrected chi connectivity index (χ0v) is 20.6. The molecule has 0 spiro atoms. The van der Waals surface area contributed by atoms with Crippen molar-refractivity contribution in [2.24, 2.45) is 4.99 Å². The first-order valence-electron chi connectivity index (χ1n) is 11.4. The summed E-state index contributed by atoms with van der Waals surface area (Å²) in [5.74, 6) is 1.59. The summed E-state index contributed by atoms with van der Waals surface area (Å²) in [6, 6.07) is 24.4. The highest BCUT2D eigenvalue weighted by Gasteiger charge is 2.12. The number of rotatable bonds is 5. The van der Waals surface area contributed by atoms with E-state index in [9.17, 15) is 0 Å². The van der Waals surface area contributed by atoms with Crippen molar-refractivity contribution in [3.8, 4) is 28.3 Å². The average molecular weight is 467 g/mol. The largest absolute Gasteiger partial charge is 0.494 e. The number of hydrogen-bond acceptors (Lipinski definition) is 5. The van der Waals surface area contributed by atoms with Crippen LogP contribution in [-0.2, 0) is 0 Å². The molecule has 0 N–H and O–H groups in total. The fourth-order valence-corrected chi connectivity index (χ4v) is 4.74. The van der Waals surface area contributed by atoms with Crippen LogP contribution in [0.25, 0.3) is 33.6 Å². The van der Waals surface area contributed by atoms with E-state index in [4.69, 9.17) is 19.1 Å². The van der Waals surface area contributed by atoms with E-state index in [1.807, 2.05) is 61.5 Å². The molecular formula is C29H26N2O2S. The highest BCUT2D eigenvalue weighted by Crippen LogP contribution is 2.33. The van der Waals surface area contributed by atoms with Gasteiger partial charge in [-0.15, -0.1) is 0 Å². The minimum atomic E-state index is 0.639. The number of ether oxygens (including phenoxy) is 1. The second-order valence-electron chi connectivity index (χ2n) is 8.26. The average Bonchev–Trinajstić information content (AvgIpc) is 3.21. The van der Waals surface area contributed by atoms with Crippen molar-refractivity contribution in [2.75, 3.05) is 6.61 Å². The van der Waals surface area contributed by atoms with Gasteiger partial charge in [0.05, 0.1) is 17.7 Å². The first-order chi connectivity index (χ1) is 16.5. The Morgan fingerprint density at radius 2 is 1.65 bits per heavy atom. The zero-order valence-electron chi connectivity index (χ0n) is 19.8. The second-order valence-corrected chi connectivity index (χ2v) is 9.44. The van der Waals surface area contributed by atoms with E-state index in [1.165, 1.54) is 11.1 Å². The summed E-state index contributed by atoms with van der Waals surface area (Å²) >= 11 is 1.61. The predicted octanol–water partition coefficient (Wildman–Crippen LogP) is 7.78. The lowest BCUT2D eigenvalue weighted by molar-refractivity contribution is 0.340. The first-order valence-corrected chi connectivity index (χ1v) is 12.2. The SMILES string of the molecule is CCOc1ccc(-c2c/c(=N\c3nc(-c4ccc(C)c(C)c4)c(C)s3)c3ccccc3o2)cc1. The van der Waals surface area contributed by atoms with Gasteiger partial charge in [-0.1, -0.05) is 35.6 Å². The predicted molar refractivity (Wildman–Crippen MR) is 140 cm³/mol. The highest BCUT2D eigenvalue weighted by molar-refractivity contribution is 7.15. The fourth-order valence-electron chi connectivity index (χ4n) is 3.92. The van der Waals surface area contributed by atoms with E-state index in [1.54, 1.807) is 11.3 Å². The number of aryl methyl sites for hydroxylation is 3. The Bertz CT molecular complexity index is 1550. The van der Waals surface area contributed by atoms with Crippen molar-refractivity contribution in [2.45, 2.75) is 27.7 Å². The number of para-hydroxylation sites is 1. The molecule has 5 rings (SSSR count). The molecule has 0 fully saturated rings. The Kier molecular flexibility index (Phi) is 6.03. The Balaban J connectivity index is 1.62. The molecule has 5 aromatic rings. The van der Waals surface area contributed by atoms with E-state index in [0.29, 0.717) is 6.61 Å². The van der Waals surface area contributed by atoms with Gasteiger partial charge in [0.2, 0.25) is 5.13 Å². The van der Waals surface area contributed by atoms with Crippen LogP contribution in [0.1, 0.15) is 22.9 Å². The first kappa shape index (κ1) is 22.1. The molecule has 0 saturated heterocycles. The fraction of sp³-hybridized carbons (Fsp3) is 0.172. The van der Waals surface area contributed by atoms with Crippen LogP contribution in [-0.4, -0.2) is 11.6 Å². The molecule has 0 saturated carbocycles. The lowest BCUT2D eigenvalue weighted by Crippen LogP contribution is -2.03. The van der Waals surface area contributed by atoms with Gasteiger partial charge in [-0.25, -0.2) is 9.98 Å². The maximum Gasteiger partial charge on any atom is 0.210 e. The second kappa shape index (κ2) is 9.27. The topological polar surface area (TPSA) is 47.6 Å². The number of benzene rings is 3. The molecule has 0 amide bonds. The summed E-state index contributed by atoms with van der Waals surface area (Å²) in [6.45, 7) is 8.98. The molecule has 2 aromatic heterocycles. The summed E-state index contributed by atoms with van der Waals surface area (Å²) in [4.78, 5) is 11.0. The van der Waals surface area contributed by atoms with E-state index in [0.717, 1.165) is 54.7 Å². The zero-order chi connectivity index (χ0) is 23.7. The van der Waals surface area contributed by atoms with Gasteiger partial charge >= 0.3 is 0 Å². The van der Waals surface area contributed by atoms with Crippen molar-refractivity contribution in [1.29, 1.82) is 0 Å². The lowest BCUT2D eigenvalue weighted by atomic mass is 10.0. The normalized spacial score (nSPS) is 11.8. The summed E-state index contributed by atoms with van der Waals surface area (Å²) < 4.78 is 11.8. The molecule has 5 heteroatoms. The van der Waals surface area contributed by atoms with Gasteiger partial charge in [-0.3, -0.25) is 0 Å². The third kappa shape index (κ3) is 4.39. The van der Waals surface area contributed by atoms with E-state index in [2.05, 4.69) is 39.0 Å². The quantitative estimate of drug-likeness (QED) is 0.266. The molecule has 0 aliphatic heterocycles. The van der Waals surface area contributed by atoms with Crippen molar-refractivity contribution in [3.63, 3.8) is 0 Å². The van der Waals surface area contributed by atoms with Crippen LogP contribution in [0, 0.1) is 20.8 Å². The number of aromatic nitrogens is 1. The van der Waals surface area contributed by atoms with Crippen LogP contribution in [0.15, 0.2) is 82.2 Å². The molecule has 3 aromatic carbocycles. The summed E-state index contributed by atoms with van der Waals surface area (Å²) in [5.41, 5.74) is 6.42. The van der Waals surface area contributed by atoms with Gasteiger partial charge in [-0.2, -0.15) is 0 Å². The molecule has 4 nitrogen and oxygen atoms in total. The van der Waals surface area contributed by atoms with Crippen molar-refractivity contribution in [1.82, 2.24) is 4.98 Å². The highest BCUT2D eigenvalue weighted by atomic mass is 32.1. The van der Waals surface area contributed by atoms with Crippen molar-refractivity contribution in [3.05, 3.63) is 94.2 Å². The standard InChI is InChI=1S/C29H26N2O2S/c1-5-32-23-14-12-21(13-15-23)27-17-25(24-8-6-7-9-26(24)33-27)30-29-31-28(20(4)34-29)22-11-10-18(2)19(3)16-22/h6-17H,5H2,1-4H3/b30-25+. The molecule has 0 bridgehead atoms. The number of hydrogen-bond donors (Lipinski definition) is 0. The van der Waals surface area contributed by atoms with Crippen molar-refractivity contribution >= 4 is 27.4 Å². The minimum absolute atomic E-state index is 0.639. The molecule has 34 heavy (non-hydrogen) atoms. The van der Waals surface area contributed by atoms with E-state index < -0.39 is 0 Å². The van der Waals surface area contributed by atoms with Gasteiger partial charge in [-0.05, 0) is 81.3 Å². The monoisotopic (exact) mass is 466 g/mol. The number of fused-ring (bicyclic) bond motifs is 1. The Morgan fingerprint density at radius 1 is 0.882 bits per heavy atom. The number of nitrogens with zero attached hydrogens (tertiary/aromatic N) is 2. The molecular weight excluding hydrogens is 440 g/mol. The van der Waals surface area contributed by atoms with Crippen LogP contribution in [0.4, 0.5) is 5.13 Å². The van der Waals surface area contributed by atoms with E-state index in [-0.39, 0.29) is 0 Å². The van der Waals surface area contributed by atoms with Gasteiger partial charge < -0.3 is 9.15 Å². The molecule has 2 heterocycles. The summed E-state index contributed by atoms with van der Waals surface area (Å²) in [6.07, 6.45) is 0. The molecule has 0 aliphatic carbocycles. The summed E-state index contributed by atoms with van der Waals surface area (Å²) in [5, 5.41) is 2.53. The Hall–Kier alpha value is -3.70. The molecule has 0 radical (unpaired) electrons. The van der Waals surface area contributed by atoms with Gasteiger partial charge in [0.15, 0.2) is 0 Å². The summed E-state index contributed by atoms with van der Waals surface area (Å²) in [7, 11) is 0. The maximum atomic E-state index is 6.23. The van der Waals surface area contributed by atoms with E-state index >= 15 is 0 Å². The van der Waals surface area contributed by atoms with Crippen LogP contribution in [0.2, 0.25) is 0 Å². The van der Waals surface area contributed by atoms with Gasteiger partial charge in [0, 0.05) is 27.5 Å². The third-order valence-electron chi connectivity index (χ3n) is 5.88. The third-order valence-corrected chi connectivity index (χ3v) is 6.75.